The van der Waals surface area contributed by atoms with E-state index in [1.807, 2.05) is 37.3 Å². The number of esters is 1. The van der Waals surface area contributed by atoms with Gasteiger partial charge in [-0.15, -0.1) is 0 Å². The number of benzene rings is 4. The minimum absolute atomic E-state index is 0.354. The van der Waals surface area contributed by atoms with Crippen molar-refractivity contribution in [2.45, 2.75) is 13.3 Å². The van der Waals surface area contributed by atoms with Gasteiger partial charge in [0.2, 0.25) is 0 Å². The number of nitrogens with one attached hydrogen (secondary N) is 2. The van der Waals surface area contributed by atoms with Crippen LogP contribution in [0.1, 0.15) is 29.3 Å². The Bertz CT molecular complexity index is 1430. The molecule has 0 atom stereocenters. The molecule has 0 fully saturated rings. The minimum atomic E-state index is -0.902. The van der Waals surface area contributed by atoms with Gasteiger partial charge >= 0.3 is 17.8 Å². The first-order valence-corrected chi connectivity index (χ1v) is 11.7. The minimum Gasteiger partial charge on any atom is -0.494 e. The van der Waals surface area contributed by atoms with Crippen molar-refractivity contribution in [3.63, 3.8) is 0 Å². The molecule has 8 nitrogen and oxygen atoms in total. The highest BCUT2D eigenvalue weighted by molar-refractivity contribution is 6.40. The van der Waals surface area contributed by atoms with E-state index in [1.54, 1.807) is 60.7 Å². The molecule has 0 radical (unpaired) electrons. The molecular formula is C29H25N3O5. The molecule has 0 spiro atoms. The van der Waals surface area contributed by atoms with Crippen LogP contribution in [0.4, 0.5) is 5.69 Å². The highest BCUT2D eigenvalue weighted by Crippen LogP contribution is 2.22. The van der Waals surface area contributed by atoms with Gasteiger partial charge < -0.3 is 14.8 Å². The van der Waals surface area contributed by atoms with Crippen LogP contribution in [0.25, 0.3) is 10.8 Å². The van der Waals surface area contributed by atoms with Gasteiger partial charge in [0.25, 0.3) is 0 Å². The maximum absolute atomic E-state index is 12.4. The van der Waals surface area contributed by atoms with E-state index in [2.05, 4.69) is 15.8 Å². The third kappa shape index (κ3) is 6.79. The monoisotopic (exact) mass is 495 g/mol. The first-order chi connectivity index (χ1) is 18.0. The molecule has 4 aromatic rings. The molecule has 0 aromatic heterocycles. The van der Waals surface area contributed by atoms with Crippen LogP contribution in [0.3, 0.4) is 0 Å². The molecule has 0 aliphatic rings. The summed E-state index contributed by atoms with van der Waals surface area (Å²) in [5, 5.41) is 8.21. The van der Waals surface area contributed by atoms with E-state index in [9.17, 15) is 14.4 Å². The Balaban J connectivity index is 1.28. The van der Waals surface area contributed by atoms with Gasteiger partial charge in [0, 0.05) is 11.1 Å². The molecule has 0 aliphatic heterocycles. The van der Waals surface area contributed by atoms with E-state index < -0.39 is 17.8 Å². The normalized spacial score (nSPS) is 10.7. The van der Waals surface area contributed by atoms with Crippen molar-refractivity contribution in [2.75, 3.05) is 11.9 Å². The SMILES string of the molecule is CCCOc1ccc(C(=O)Oc2ccc(/C=N\NC(=O)C(=O)Nc3cccc4ccccc34)cc2)cc1. The predicted octanol–water partition coefficient (Wildman–Crippen LogP) is 4.94. The van der Waals surface area contributed by atoms with Crippen LogP contribution in [-0.4, -0.2) is 30.6 Å². The fraction of sp³-hybridized carbons (Fsp3) is 0.103. The number of rotatable bonds is 8. The van der Waals surface area contributed by atoms with Gasteiger partial charge in [0.1, 0.15) is 11.5 Å². The maximum atomic E-state index is 12.4. The lowest BCUT2D eigenvalue weighted by Gasteiger charge is -2.07. The smallest absolute Gasteiger partial charge is 0.343 e. The van der Waals surface area contributed by atoms with Gasteiger partial charge in [-0.05, 0) is 72.0 Å². The molecule has 0 aliphatic carbocycles. The summed E-state index contributed by atoms with van der Waals surface area (Å²) in [7, 11) is 0. The average molecular weight is 496 g/mol. The quantitative estimate of drug-likeness (QED) is 0.118. The lowest BCUT2D eigenvalue weighted by Crippen LogP contribution is -2.32. The number of hydrazone groups is 1. The molecular weight excluding hydrogens is 470 g/mol. The van der Waals surface area contributed by atoms with Crippen molar-refractivity contribution in [3.05, 3.63) is 102 Å². The van der Waals surface area contributed by atoms with Crippen molar-refractivity contribution in [1.29, 1.82) is 0 Å². The zero-order valence-electron chi connectivity index (χ0n) is 20.1. The van der Waals surface area contributed by atoms with E-state index >= 15 is 0 Å². The van der Waals surface area contributed by atoms with Crippen LogP contribution in [0.2, 0.25) is 0 Å². The summed E-state index contributed by atoms with van der Waals surface area (Å²) >= 11 is 0. The zero-order valence-corrected chi connectivity index (χ0v) is 20.1. The molecule has 2 N–H and O–H groups in total. The van der Waals surface area contributed by atoms with Crippen molar-refractivity contribution >= 4 is 40.5 Å². The standard InChI is InChI=1S/C29H25N3O5/c1-2-18-36-23-16-12-22(13-17-23)29(35)37-24-14-10-20(11-15-24)19-30-32-28(34)27(33)31-26-9-5-7-21-6-3-4-8-25(21)26/h3-17,19H,2,18H2,1H3,(H,31,33)(H,32,34)/b30-19-. The summed E-state index contributed by atoms with van der Waals surface area (Å²) in [6, 6.07) is 26.3. The van der Waals surface area contributed by atoms with Crippen LogP contribution < -0.4 is 20.2 Å². The fourth-order valence-electron chi connectivity index (χ4n) is 3.42. The van der Waals surface area contributed by atoms with Crippen molar-refractivity contribution in [3.8, 4) is 11.5 Å². The van der Waals surface area contributed by atoms with Crippen LogP contribution >= 0.6 is 0 Å². The summed E-state index contributed by atoms with van der Waals surface area (Å²) in [6.07, 6.45) is 2.28. The van der Waals surface area contributed by atoms with Crippen molar-refractivity contribution < 1.29 is 23.9 Å². The number of hydrogen-bond acceptors (Lipinski definition) is 6. The summed E-state index contributed by atoms with van der Waals surface area (Å²) < 4.78 is 10.9. The van der Waals surface area contributed by atoms with Crippen LogP contribution in [0, 0.1) is 0 Å². The zero-order chi connectivity index (χ0) is 26.0. The first-order valence-electron chi connectivity index (χ1n) is 11.7. The van der Waals surface area contributed by atoms with Gasteiger partial charge in [-0.1, -0.05) is 43.3 Å². The van der Waals surface area contributed by atoms with Gasteiger partial charge in [-0.25, -0.2) is 10.2 Å². The Kier molecular flexibility index (Phi) is 8.23. The Morgan fingerprint density at radius 2 is 1.51 bits per heavy atom. The lowest BCUT2D eigenvalue weighted by atomic mass is 10.1. The third-order valence-corrected chi connectivity index (χ3v) is 5.28. The molecule has 4 rings (SSSR count). The predicted molar refractivity (Wildman–Crippen MR) is 142 cm³/mol. The Labute approximate surface area is 213 Å². The van der Waals surface area contributed by atoms with Crippen molar-refractivity contribution in [2.24, 2.45) is 5.10 Å². The summed E-state index contributed by atoms with van der Waals surface area (Å²) in [5.41, 5.74) is 3.78. The fourth-order valence-corrected chi connectivity index (χ4v) is 3.42. The number of amides is 2. The van der Waals surface area contributed by atoms with E-state index in [-0.39, 0.29) is 0 Å². The van der Waals surface area contributed by atoms with Gasteiger partial charge in [0.05, 0.1) is 18.4 Å². The Hall–Kier alpha value is -4.98. The van der Waals surface area contributed by atoms with E-state index in [0.29, 0.717) is 34.9 Å². The second-order valence-electron chi connectivity index (χ2n) is 8.01. The molecule has 2 amide bonds. The molecule has 0 unspecified atom stereocenters. The number of fused-ring (bicyclic) bond motifs is 1. The third-order valence-electron chi connectivity index (χ3n) is 5.28. The number of nitrogens with zero attached hydrogens (tertiary/aromatic N) is 1. The van der Waals surface area contributed by atoms with Crippen LogP contribution in [0.15, 0.2) is 96.1 Å². The molecule has 0 heterocycles. The molecule has 0 bridgehead atoms. The first kappa shape index (κ1) is 25.1. The molecule has 8 heteroatoms. The molecule has 0 saturated carbocycles. The van der Waals surface area contributed by atoms with Gasteiger partial charge in [0.15, 0.2) is 0 Å². The Morgan fingerprint density at radius 1 is 0.811 bits per heavy atom. The summed E-state index contributed by atoms with van der Waals surface area (Å²) in [6.45, 7) is 2.63. The average Bonchev–Trinajstić information content (AvgIpc) is 2.93. The van der Waals surface area contributed by atoms with E-state index in [0.717, 1.165) is 17.2 Å². The van der Waals surface area contributed by atoms with E-state index in [1.165, 1.54) is 6.21 Å². The highest BCUT2D eigenvalue weighted by atomic mass is 16.5. The van der Waals surface area contributed by atoms with Gasteiger partial charge in [-0.2, -0.15) is 5.10 Å². The maximum Gasteiger partial charge on any atom is 0.343 e. The number of anilines is 1. The number of carbonyl (C=O) groups excluding carboxylic acids is 3. The molecule has 37 heavy (non-hydrogen) atoms. The molecule has 186 valence electrons. The van der Waals surface area contributed by atoms with Crippen LogP contribution in [0.5, 0.6) is 11.5 Å². The number of hydrogen-bond donors (Lipinski definition) is 2. The van der Waals surface area contributed by atoms with Crippen molar-refractivity contribution in [1.82, 2.24) is 5.43 Å². The second kappa shape index (κ2) is 12.1. The summed E-state index contributed by atoms with van der Waals surface area (Å²) in [4.78, 5) is 36.8. The largest absolute Gasteiger partial charge is 0.494 e. The molecule has 0 saturated heterocycles. The second-order valence-corrected chi connectivity index (χ2v) is 8.01. The van der Waals surface area contributed by atoms with Crippen LogP contribution in [-0.2, 0) is 9.59 Å². The topological polar surface area (TPSA) is 106 Å². The van der Waals surface area contributed by atoms with Gasteiger partial charge in [-0.3, -0.25) is 9.59 Å². The highest BCUT2D eigenvalue weighted by Gasteiger charge is 2.14. The Morgan fingerprint density at radius 3 is 2.27 bits per heavy atom. The molecule has 4 aromatic carbocycles. The lowest BCUT2D eigenvalue weighted by molar-refractivity contribution is -0.136. The number of ether oxygens (including phenoxy) is 2. The van der Waals surface area contributed by atoms with E-state index in [4.69, 9.17) is 9.47 Å². The summed E-state index contributed by atoms with van der Waals surface area (Å²) in [5.74, 6) is -1.18. The number of carbonyl (C=O) groups is 3.